The molecule has 1 N–H and O–H groups in total. The van der Waals surface area contributed by atoms with Crippen LogP contribution in [0.2, 0.25) is 0 Å². The Labute approximate surface area is 104 Å². The monoisotopic (exact) mass is 250 g/mol. The summed E-state index contributed by atoms with van der Waals surface area (Å²) in [6.07, 6.45) is 8.81. The Morgan fingerprint density at radius 1 is 1.07 bits per heavy atom. The molecule has 0 heterocycles. The fourth-order valence-corrected chi connectivity index (χ4v) is 1.75. The zero-order valence-electron chi connectivity index (χ0n) is 9.41. The molecule has 15 heavy (non-hydrogen) atoms. The zero-order valence-corrected chi connectivity index (χ0v) is 11.2. The van der Waals surface area contributed by atoms with E-state index in [1.54, 1.807) is 0 Å². The van der Waals surface area contributed by atoms with E-state index in [-0.39, 0.29) is 0 Å². The molecule has 0 aliphatic carbocycles. The minimum Gasteiger partial charge on any atom is -0.480 e. The predicted octanol–water partition coefficient (Wildman–Crippen LogP) is 3.77. The highest BCUT2D eigenvalue weighted by Crippen LogP contribution is 2.27. The van der Waals surface area contributed by atoms with Gasteiger partial charge in [-0.15, -0.1) is 0 Å². The molecule has 0 unspecified atom stereocenters. The Morgan fingerprint density at radius 3 is 2.00 bits per heavy atom. The van der Waals surface area contributed by atoms with Crippen molar-refractivity contribution in [2.24, 2.45) is 0 Å². The first kappa shape index (κ1) is 15.2. The summed E-state index contributed by atoms with van der Waals surface area (Å²) in [6, 6.07) is 0. The largest absolute Gasteiger partial charge is 0.480 e. The number of carboxylic acids is 1. The van der Waals surface area contributed by atoms with Crippen LogP contribution in [0.3, 0.4) is 0 Å². The molecule has 0 aliphatic rings. The Hall–Kier alpha value is 0.170. The normalized spacial score (nSPS) is 11.7. The maximum absolute atomic E-state index is 10.7. The third-order valence-corrected chi connectivity index (χ3v) is 3.30. The first-order valence-corrected chi connectivity index (χ1v) is 6.58. The fourth-order valence-electron chi connectivity index (χ4n) is 1.44. The lowest BCUT2D eigenvalue weighted by molar-refractivity contribution is -0.137. The third-order valence-electron chi connectivity index (χ3n) is 2.47. The molecule has 0 spiro atoms. The molecule has 2 nitrogen and oxygen atoms in total. The highest BCUT2D eigenvalue weighted by Gasteiger charge is 2.28. The minimum atomic E-state index is -1.15. The predicted molar refractivity (Wildman–Crippen MR) is 70.9 cm³/mol. The Bertz CT molecular complexity index is 181. The fraction of sp³-hybridized carbons (Fsp3) is 0.909. The van der Waals surface area contributed by atoms with Crippen molar-refractivity contribution in [3.8, 4) is 0 Å². The molecule has 0 fully saturated rings. The third kappa shape index (κ3) is 8.03. The highest BCUT2D eigenvalue weighted by atomic mass is 32.2. The summed E-state index contributed by atoms with van der Waals surface area (Å²) in [5.74, 6) is -0.944. The quantitative estimate of drug-likeness (QED) is 0.331. The van der Waals surface area contributed by atoms with E-state index in [1.165, 1.54) is 32.1 Å². The molecule has 0 saturated heterocycles. The van der Waals surface area contributed by atoms with Crippen LogP contribution in [0.25, 0.3) is 0 Å². The number of hydrogen-bond acceptors (Lipinski definition) is 3. The van der Waals surface area contributed by atoms with Gasteiger partial charge in [0, 0.05) is 0 Å². The number of carbonyl (C=O) groups is 1. The first-order chi connectivity index (χ1) is 7.00. The van der Waals surface area contributed by atoms with Crippen LogP contribution in [0.15, 0.2) is 0 Å². The van der Waals surface area contributed by atoms with Crippen LogP contribution in [0.5, 0.6) is 0 Å². The summed E-state index contributed by atoms with van der Waals surface area (Å²) < 4.78 is -1.15. The van der Waals surface area contributed by atoms with Crippen LogP contribution < -0.4 is 0 Å². The summed E-state index contributed by atoms with van der Waals surface area (Å²) in [4.78, 5) is 10.7. The second-order valence-electron chi connectivity index (χ2n) is 3.99. The van der Waals surface area contributed by atoms with E-state index >= 15 is 0 Å². The van der Waals surface area contributed by atoms with Gasteiger partial charge < -0.3 is 5.11 Å². The molecule has 0 amide bonds. The molecule has 0 aliphatic heterocycles. The Morgan fingerprint density at radius 2 is 1.53 bits per heavy atom. The van der Waals surface area contributed by atoms with Crippen molar-refractivity contribution in [2.75, 3.05) is 0 Å². The van der Waals surface area contributed by atoms with Gasteiger partial charge in [0.2, 0.25) is 0 Å². The van der Waals surface area contributed by atoms with Crippen LogP contribution in [-0.4, -0.2) is 15.2 Å². The van der Waals surface area contributed by atoms with Crippen molar-refractivity contribution >= 4 is 31.2 Å². The van der Waals surface area contributed by atoms with Crippen LogP contribution in [0.4, 0.5) is 0 Å². The van der Waals surface area contributed by atoms with E-state index in [0.29, 0.717) is 6.42 Å². The maximum Gasteiger partial charge on any atom is 0.329 e. The van der Waals surface area contributed by atoms with Gasteiger partial charge in [-0.1, -0.05) is 51.9 Å². The van der Waals surface area contributed by atoms with E-state index in [9.17, 15) is 4.79 Å². The van der Waals surface area contributed by atoms with Gasteiger partial charge in [-0.05, 0) is 6.42 Å². The number of carboxylic acid groups (broad SMARTS) is 1. The number of aliphatic carboxylic acids is 1. The van der Waals surface area contributed by atoms with Gasteiger partial charge in [0.25, 0.3) is 0 Å². The summed E-state index contributed by atoms with van der Waals surface area (Å²) in [5.41, 5.74) is 0. The van der Waals surface area contributed by atoms with E-state index in [1.807, 2.05) is 0 Å². The molecule has 4 heteroatoms. The molecule has 0 radical (unpaired) electrons. The second-order valence-corrected chi connectivity index (χ2v) is 5.87. The zero-order chi connectivity index (χ0) is 11.7. The van der Waals surface area contributed by atoms with Crippen LogP contribution >= 0.6 is 25.3 Å². The number of hydrogen-bond donors (Lipinski definition) is 3. The van der Waals surface area contributed by atoms with Gasteiger partial charge in [-0.2, -0.15) is 25.3 Å². The van der Waals surface area contributed by atoms with Crippen molar-refractivity contribution in [1.82, 2.24) is 0 Å². The summed E-state index contributed by atoms with van der Waals surface area (Å²) in [7, 11) is 0. The van der Waals surface area contributed by atoms with E-state index in [4.69, 9.17) is 5.11 Å². The number of rotatable bonds is 9. The van der Waals surface area contributed by atoms with Gasteiger partial charge in [0.15, 0.2) is 4.08 Å². The van der Waals surface area contributed by atoms with Crippen LogP contribution in [-0.2, 0) is 4.79 Å². The smallest absolute Gasteiger partial charge is 0.329 e. The molecule has 90 valence electrons. The molecular formula is C11H22O2S2. The van der Waals surface area contributed by atoms with E-state index < -0.39 is 10.0 Å². The minimum absolute atomic E-state index is 0.530. The van der Waals surface area contributed by atoms with E-state index in [2.05, 4.69) is 32.2 Å². The topological polar surface area (TPSA) is 37.3 Å². The molecule has 0 saturated carbocycles. The molecule has 0 aromatic rings. The van der Waals surface area contributed by atoms with Crippen molar-refractivity contribution < 1.29 is 9.90 Å². The molecule has 0 aromatic carbocycles. The molecule has 0 rings (SSSR count). The van der Waals surface area contributed by atoms with Gasteiger partial charge in [0.1, 0.15) is 0 Å². The lowest BCUT2D eigenvalue weighted by atomic mass is 10.1. The summed E-state index contributed by atoms with van der Waals surface area (Å²) >= 11 is 8.01. The second kappa shape index (κ2) is 8.34. The van der Waals surface area contributed by atoms with Crippen molar-refractivity contribution in [2.45, 2.75) is 62.4 Å². The number of thiol groups is 2. The van der Waals surface area contributed by atoms with Gasteiger partial charge >= 0.3 is 5.97 Å². The SMILES string of the molecule is CCCCCCCCCC(S)(S)C(=O)O. The lowest BCUT2D eigenvalue weighted by Crippen LogP contribution is -2.25. The molecular weight excluding hydrogens is 228 g/mol. The summed E-state index contributed by atoms with van der Waals surface area (Å²) in [5, 5.41) is 8.76. The van der Waals surface area contributed by atoms with Gasteiger partial charge in [-0.25, -0.2) is 4.79 Å². The Balaban J connectivity index is 3.35. The maximum atomic E-state index is 10.7. The average molecular weight is 250 g/mol. The summed E-state index contributed by atoms with van der Waals surface area (Å²) in [6.45, 7) is 2.20. The van der Waals surface area contributed by atoms with Gasteiger partial charge in [-0.3, -0.25) is 0 Å². The van der Waals surface area contributed by atoms with Crippen molar-refractivity contribution in [3.05, 3.63) is 0 Å². The molecule has 0 atom stereocenters. The first-order valence-electron chi connectivity index (χ1n) is 5.69. The molecule has 0 bridgehead atoms. The lowest BCUT2D eigenvalue weighted by Gasteiger charge is -2.16. The Kier molecular flexibility index (Phi) is 8.43. The van der Waals surface area contributed by atoms with Crippen LogP contribution in [0.1, 0.15) is 58.3 Å². The highest BCUT2D eigenvalue weighted by molar-refractivity contribution is 8.01. The average Bonchev–Trinajstić information content (AvgIpc) is 2.16. The number of unbranched alkanes of at least 4 members (excludes halogenated alkanes) is 6. The molecule has 0 aromatic heterocycles. The van der Waals surface area contributed by atoms with Gasteiger partial charge in [0.05, 0.1) is 0 Å². The standard InChI is InChI=1S/C11H22O2S2/c1-2-3-4-5-6-7-8-9-11(14,15)10(12)13/h14-15H,2-9H2,1H3,(H,12,13). The van der Waals surface area contributed by atoms with E-state index in [0.717, 1.165) is 12.8 Å². The van der Waals surface area contributed by atoms with Crippen LogP contribution in [0, 0.1) is 0 Å². The van der Waals surface area contributed by atoms with Crippen molar-refractivity contribution in [1.29, 1.82) is 0 Å². The van der Waals surface area contributed by atoms with Crippen molar-refractivity contribution in [3.63, 3.8) is 0 Å².